The van der Waals surface area contributed by atoms with E-state index >= 15 is 0 Å². The van der Waals surface area contributed by atoms with Crippen LogP contribution in [0.5, 0.6) is 0 Å². The van der Waals surface area contributed by atoms with E-state index < -0.39 is 15.4 Å². The van der Waals surface area contributed by atoms with Gasteiger partial charge in [-0.15, -0.1) is 0 Å². The Morgan fingerprint density at radius 1 is 1.42 bits per heavy atom. The first-order valence-corrected chi connectivity index (χ1v) is 7.34. The molecule has 1 rings (SSSR count). The number of hydrogen-bond acceptors (Lipinski definition) is 4. The molecular weight excluding hydrogens is 290 g/mol. The molecule has 6 nitrogen and oxygen atoms in total. The van der Waals surface area contributed by atoms with Crippen molar-refractivity contribution < 1.29 is 13.2 Å². The Labute approximate surface area is 117 Å². The summed E-state index contributed by atoms with van der Waals surface area (Å²) in [6.07, 6.45) is 0. The third kappa shape index (κ3) is 3.90. The van der Waals surface area contributed by atoms with Gasteiger partial charge in [0.25, 0.3) is 0 Å². The third-order valence-electron chi connectivity index (χ3n) is 2.64. The molecule has 0 unspecified atom stereocenters. The van der Waals surface area contributed by atoms with E-state index in [1.807, 2.05) is 0 Å². The predicted molar refractivity (Wildman–Crippen MR) is 74.3 cm³/mol. The summed E-state index contributed by atoms with van der Waals surface area (Å²) in [5, 5.41) is 7.77. The lowest BCUT2D eigenvalue weighted by atomic mass is 9.92. The Morgan fingerprint density at radius 2 is 2.00 bits per heavy atom. The summed E-state index contributed by atoms with van der Waals surface area (Å²) in [5.41, 5.74) is 4.88. The molecule has 0 saturated carbocycles. The van der Waals surface area contributed by atoms with Crippen LogP contribution in [0.3, 0.4) is 0 Å². The molecule has 0 saturated heterocycles. The Bertz CT molecular complexity index is 599. The second kappa shape index (κ2) is 5.46. The zero-order valence-electron chi connectivity index (χ0n) is 10.6. The van der Waals surface area contributed by atoms with Gasteiger partial charge in [-0.2, -0.15) is 0 Å². The summed E-state index contributed by atoms with van der Waals surface area (Å²) >= 11 is 5.90. The molecule has 8 heteroatoms. The summed E-state index contributed by atoms with van der Waals surface area (Å²) < 4.78 is 22.5. The molecule has 0 aliphatic rings. The van der Waals surface area contributed by atoms with E-state index in [-0.39, 0.29) is 28.1 Å². The lowest BCUT2D eigenvalue weighted by molar-refractivity contribution is -0.123. The Morgan fingerprint density at radius 3 is 2.47 bits per heavy atom. The summed E-state index contributed by atoms with van der Waals surface area (Å²) in [6, 6.07) is 3.83. The van der Waals surface area contributed by atoms with Gasteiger partial charge in [0.2, 0.25) is 15.9 Å². The van der Waals surface area contributed by atoms with Crippen LogP contribution in [0.4, 0.5) is 5.69 Å². The molecule has 1 aromatic rings. The monoisotopic (exact) mass is 305 g/mol. The zero-order valence-corrected chi connectivity index (χ0v) is 12.2. The van der Waals surface area contributed by atoms with Crippen LogP contribution in [0.15, 0.2) is 23.1 Å². The number of primary sulfonamides is 1. The Hall–Kier alpha value is -1.15. The van der Waals surface area contributed by atoms with Crippen molar-refractivity contribution in [2.24, 2.45) is 16.3 Å². The second-order valence-electron chi connectivity index (χ2n) is 4.73. The van der Waals surface area contributed by atoms with E-state index in [1.165, 1.54) is 18.2 Å². The maximum absolute atomic E-state index is 11.9. The molecule has 1 aromatic carbocycles. The van der Waals surface area contributed by atoms with Gasteiger partial charge in [0.05, 0.1) is 21.0 Å². The standard InChI is InChI=1S/C11H16ClN3O3S/c1-11(2,6-13)10(16)15-9-5-7(19(14,17)18)3-4-8(9)12/h3-5H,6,13H2,1-2H3,(H,15,16)(H2,14,17,18). The van der Waals surface area contributed by atoms with Crippen molar-refractivity contribution in [3.63, 3.8) is 0 Å². The number of halogens is 1. The quantitative estimate of drug-likeness (QED) is 0.766. The number of carbonyl (C=O) groups is 1. The molecule has 1 amide bonds. The average molecular weight is 306 g/mol. The van der Waals surface area contributed by atoms with Crippen LogP contribution in [0.1, 0.15) is 13.8 Å². The summed E-state index contributed by atoms with van der Waals surface area (Å²) in [4.78, 5) is 11.8. The number of benzene rings is 1. The van der Waals surface area contributed by atoms with E-state index in [9.17, 15) is 13.2 Å². The smallest absolute Gasteiger partial charge is 0.238 e. The molecule has 106 valence electrons. The summed E-state index contributed by atoms with van der Waals surface area (Å²) in [6.45, 7) is 3.48. The lowest BCUT2D eigenvalue weighted by Crippen LogP contribution is -2.37. The molecule has 19 heavy (non-hydrogen) atoms. The Kier molecular flexibility index (Phi) is 4.57. The number of carbonyl (C=O) groups excluding carboxylic acids is 1. The van der Waals surface area contributed by atoms with Gasteiger partial charge < -0.3 is 11.1 Å². The SMILES string of the molecule is CC(C)(CN)C(=O)Nc1cc(S(N)(=O)=O)ccc1Cl. The van der Waals surface area contributed by atoms with Crippen molar-refractivity contribution in [3.8, 4) is 0 Å². The molecule has 0 bridgehead atoms. The number of amides is 1. The normalized spacial score (nSPS) is 12.3. The molecular formula is C11H16ClN3O3S. The molecule has 0 aromatic heterocycles. The largest absolute Gasteiger partial charge is 0.329 e. The maximum atomic E-state index is 11.9. The van der Waals surface area contributed by atoms with Crippen molar-refractivity contribution in [1.29, 1.82) is 0 Å². The van der Waals surface area contributed by atoms with E-state index in [4.69, 9.17) is 22.5 Å². The van der Waals surface area contributed by atoms with Gasteiger partial charge >= 0.3 is 0 Å². The Balaban J connectivity index is 3.12. The van der Waals surface area contributed by atoms with Crippen LogP contribution in [0, 0.1) is 5.41 Å². The molecule has 0 aliphatic heterocycles. The lowest BCUT2D eigenvalue weighted by Gasteiger charge is -2.21. The number of anilines is 1. The van der Waals surface area contributed by atoms with E-state index in [0.29, 0.717) is 0 Å². The number of nitrogens with two attached hydrogens (primary N) is 2. The van der Waals surface area contributed by atoms with Crippen molar-refractivity contribution in [2.75, 3.05) is 11.9 Å². The van der Waals surface area contributed by atoms with Gasteiger partial charge in [0.15, 0.2) is 0 Å². The first-order chi connectivity index (χ1) is 8.58. The van der Waals surface area contributed by atoms with Crippen LogP contribution < -0.4 is 16.2 Å². The van der Waals surface area contributed by atoms with Gasteiger partial charge in [-0.3, -0.25) is 4.79 Å². The second-order valence-corrected chi connectivity index (χ2v) is 6.70. The van der Waals surface area contributed by atoms with Crippen LogP contribution in [0.2, 0.25) is 5.02 Å². The van der Waals surface area contributed by atoms with Gasteiger partial charge in [-0.25, -0.2) is 13.6 Å². The topological polar surface area (TPSA) is 115 Å². The fourth-order valence-corrected chi connectivity index (χ4v) is 1.87. The molecule has 0 heterocycles. The average Bonchev–Trinajstić information content (AvgIpc) is 2.30. The zero-order chi connectivity index (χ0) is 14.8. The minimum absolute atomic E-state index is 0.127. The van der Waals surface area contributed by atoms with E-state index in [1.54, 1.807) is 13.8 Å². The fraction of sp³-hybridized carbons (Fsp3) is 0.364. The highest BCUT2D eigenvalue weighted by Gasteiger charge is 2.26. The first-order valence-electron chi connectivity index (χ1n) is 5.42. The minimum atomic E-state index is -3.85. The van der Waals surface area contributed by atoms with Crippen LogP contribution >= 0.6 is 11.6 Å². The summed E-state index contributed by atoms with van der Waals surface area (Å²) in [5.74, 6) is -0.358. The van der Waals surface area contributed by atoms with Gasteiger partial charge in [-0.1, -0.05) is 11.6 Å². The fourth-order valence-electron chi connectivity index (χ4n) is 1.16. The third-order valence-corrected chi connectivity index (χ3v) is 3.88. The molecule has 0 spiro atoms. The number of nitrogens with one attached hydrogen (secondary N) is 1. The summed E-state index contributed by atoms with van der Waals surface area (Å²) in [7, 11) is -3.85. The van der Waals surface area contributed by atoms with Gasteiger partial charge in [-0.05, 0) is 32.0 Å². The highest BCUT2D eigenvalue weighted by molar-refractivity contribution is 7.89. The predicted octanol–water partition coefficient (Wildman–Crippen LogP) is 0.911. The molecule has 0 aliphatic carbocycles. The van der Waals surface area contributed by atoms with Crippen LogP contribution in [0.25, 0.3) is 0 Å². The van der Waals surface area contributed by atoms with Crippen LogP contribution in [-0.2, 0) is 14.8 Å². The first kappa shape index (κ1) is 15.9. The van der Waals surface area contributed by atoms with Crippen molar-refractivity contribution >= 4 is 33.2 Å². The molecule has 5 N–H and O–H groups in total. The number of hydrogen-bond donors (Lipinski definition) is 3. The van der Waals surface area contributed by atoms with Crippen molar-refractivity contribution in [2.45, 2.75) is 18.7 Å². The minimum Gasteiger partial charge on any atom is -0.329 e. The molecule has 0 radical (unpaired) electrons. The maximum Gasteiger partial charge on any atom is 0.238 e. The molecule has 0 atom stereocenters. The number of rotatable bonds is 4. The van der Waals surface area contributed by atoms with Gasteiger partial charge in [0, 0.05) is 6.54 Å². The van der Waals surface area contributed by atoms with Crippen LogP contribution in [-0.4, -0.2) is 20.9 Å². The highest BCUT2D eigenvalue weighted by atomic mass is 35.5. The number of sulfonamides is 1. The van der Waals surface area contributed by atoms with E-state index in [2.05, 4.69) is 5.32 Å². The van der Waals surface area contributed by atoms with E-state index in [0.717, 1.165) is 0 Å². The highest BCUT2D eigenvalue weighted by Crippen LogP contribution is 2.26. The molecule has 0 fully saturated rings. The van der Waals surface area contributed by atoms with Gasteiger partial charge in [0.1, 0.15) is 0 Å². The van der Waals surface area contributed by atoms with Crippen molar-refractivity contribution in [3.05, 3.63) is 23.2 Å². The van der Waals surface area contributed by atoms with Crippen molar-refractivity contribution in [1.82, 2.24) is 0 Å².